The summed E-state index contributed by atoms with van der Waals surface area (Å²) < 4.78 is 0.784. The molecule has 0 fully saturated rings. The van der Waals surface area contributed by atoms with E-state index in [4.69, 9.17) is 0 Å². The number of hydrogen-bond donors (Lipinski definition) is 2. The van der Waals surface area contributed by atoms with Gasteiger partial charge in [0.05, 0.1) is 5.25 Å². The Balaban J connectivity index is 1.69. The highest BCUT2D eigenvalue weighted by atomic mass is 32.2. The van der Waals surface area contributed by atoms with Crippen LogP contribution in [-0.4, -0.2) is 27.9 Å². The molecule has 7 heteroatoms. The van der Waals surface area contributed by atoms with E-state index in [2.05, 4.69) is 20.8 Å². The van der Waals surface area contributed by atoms with Gasteiger partial charge in [-0.15, -0.1) is 10.2 Å². The van der Waals surface area contributed by atoms with Crippen LogP contribution in [0.2, 0.25) is 0 Å². The van der Waals surface area contributed by atoms with Crippen molar-refractivity contribution < 1.29 is 4.79 Å². The Hall–Kier alpha value is -2.12. The first kappa shape index (κ1) is 16.7. The van der Waals surface area contributed by atoms with Gasteiger partial charge in [-0.2, -0.15) is 0 Å². The number of carbonyl (C=O) groups excluding carboxylic acids is 1. The van der Waals surface area contributed by atoms with Gasteiger partial charge in [-0.25, -0.2) is 0 Å². The quantitative estimate of drug-likeness (QED) is 0.645. The second-order valence-electron chi connectivity index (χ2n) is 5.18. The van der Waals surface area contributed by atoms with Gasteiger partial charge in [0.15, 0.2) is 4.34 Å². The minimum absolute atomic E-state index is 0.0449. The number of thioether (sulfide) groups is 1. The lowest BCUT2D eigenvalue weighted by Crippen LogP contribution is -2.22. The Morgan fingerprint density at radius 2 is 2.00 bits per heavy atom. The number of carbonyl (C=O) groups is 1. The highest BCUT2D eigenvalue weighted by Crippen LogP contribution is 2.30. The fourth-order valence-corrected chi connectivity index (χ4v) is 4.22. The summed E-state index contributed by atoms with van der Waals surface area (Å²) in [4.78, 5) is 12.5. The molecule has 0 saturated heterocycles. The number of aromatic nitrogens is 2. The molecule has 1 amide bonds. The molecule has 0 spiro atoms. The van der Waals surface area contributed by atoms with Crippen molar-refractivity contribution in [3.05, 3.63) is 42.5 Å². The fourth-order valence-electron chi connectivity index (χ4n) is 2.25. The van der Waals surface area contributed by atoms with Gasteiger partial charge < -0.3 is 10.6 Å². The maximum absolute atomic E-state index is 12.5. The molecule has 0 aliphatic rings. The van der Waals surface area contributed by atoms with Crippen LogP contribution in [0.3, 0.4) is 0 Å². The fraction of sp³-hybridized carbons (Fsp3) is 0.235. The normalized spacial score (nSPS) is 12.1. The molecular weight excluding hydrogens is 340 g/mol. The summed E-state index contributed by atoms with van der Waals surface area (Å²) in [7, 11) is 0. The number of benzene rings is 2. The Labute approximate surface area is 148 Å². The van der Waals surface area contributed by atoms with E-state index in [0.717, 1.165) is 32.5 Å². The van der Waals surface area contributed by atoms with Gasteiger partial charge in [0.2, 0.25) is 11.0 Å². The molecule has 0 radical (unpaired) electrons. The Kier molecular flexibility index (Phi) is 5.32. The molecule has 0 bridgehead atoms. The van der Waals surface area contributed by atoms with E-state index in [1.807, 2.05) is 56.3 Å². The SMILES string of the molecule is CCNc1nnc(S[C@H](C)C(=O)Nc2cccc3ccccc23)s1. The zero-order chi connectivity index (χ0) is 16.9. The zero-order valence-electron chi connectivity index (χ0n) is 13.4. The summed E-state index contributed by atoms with van der Waals surface area (Å²) in [5.41, 5.74) is 0.830. The number of hydrogen-bond acceptors (Lipinski definition) is 6. The molecule has 124 valence electrons. The number of anilines is 2. The van der Waals surface area contributed by atoms with Crippen LogP contribution < -0.4 is 10.6 Å². The Bertz CT molecular complexity index is 844. The molecule has 0 saturated carbocycles. The second-order valence-corrected chi connectivity index (χ2v) is 7.74. The van der Waals surface area contributed by atoms with Crippen LogP contribution in [0.25, 0.3) is 10.8 Å². The summed E-state index contributed by atoms with van der Waals surface area (Å²) in [6.07, 6.45) is 0. The molecule has 0 unspecified atom stereocenters. The second kappa shape index (κ2) is 7.63. The van der Waals surface area contributed by atoms with Crippen molar-refractivity contribution in [3.8, 4) is 0 Å². The maximum Gasteiger partial charge on any atom is 0.237 e. The van der Waals surface area contributed by atoms with Crippen molar-refractivity contribution in [2.75, 3.05) is 17.2 Å². The van der Waals surface area contributed by atoms with E-state index in [1.165, 1.54) is 23.1 Å². The first-order valence-electron chi connectivity index (χ1n) is 7.70. The van der Waals surface area contributed by atoms with Crippen LogP contribution in [-0.2, 0) is 4.79 Å². The van der Waals surface area contributed by atoms with Gasteiger partial charge in [-0.05, 0) is 25.3 Å². The Morgan fingerprint density at radius 3 is 2.83 bits per heavy atom. The van der Waals surface area contributed by atoms with Crippen LogP contribution in [0.1, 0.15) is 13.8 Å². The summed E-state index contributed by atoms with van der Waals surface area (Å²) in [5.74, 6) is -0.0449. The number of rotatable bonds is 6. The highest BCUT2D eigenvalue weighted by Gasteiger charge is 2.18. The van der Waals surface area contributed by atoms with Crippen LogP contribution in [0, 0.1) is 0 Å². The van der Waals surface area contributed by atoms with E-state index in [-0.39, 0.29) is 11.2 Å². The van der Waals surface area contributed by atoms with Crippen molar-refractivity contribution in [2.24, 2.45) is 0 Å². The molecule has 1 atom stereocenters. The van der Waals surface area contributed by atoms with Crippen LogP contribution in [0.4, 0.5) is 10.8 Å². The standard InChI is InChI=1S/C17H18N4OS2/c1-3-18-16-20-21-17(24-16)23-11(2)15(22)19-14-10-6-8-12-7-4-5-9-13(12)14/h4-11H,3H2,1-2H3,(H,18,20)(H,19,22)/t11-/m1/s1. The minimum Gasteiger partial charge on any atom is -0.360 e. The first-order chi connectivity index (χ1) is 11.7. The third-order valence-electron chi connectivity index (χ3n) is 3.43. The Morgan fingerprint density at radius 1 is 1.21 bits per heavy atom. The molecule has 0 aliphatic carbocycles. The number of nitrogens with zero attached hydrogens (tertiary/aromatic N) is 2. The highest BCUT2D eigenvalue weighted by molar-refractivity contribution is 8.02. The van der Waals surface area contributed by atoms with Crippen LogP contribution in [0.15, 0.2) is 46.8 Å². The molecule has 24 heavy (non-hydrogen) atoms. The van der Waals surface area contributed by atoms with Gasteiger partial charge in [0, 0.05) is 17.6 Å². The van der Waals surface area contributed by atoms with E-state index >= 15 is 0 Å². The maximum atomic E-state index is 12.5. The molecule has 1 aromatic heterocycles. The predicted molar refractivity (Wildman–Crippen MR) is 102 cm³/mol. The van der Waals surface area contributed by atoms with Crippen LogP contribution >= 0.6 is 23.1 Å². The van der Waals surface area contributed by atoms with Gasteiger partial charge in [0.1, 0.15) is 0 Å². The number of fused-ring (bicyclic) bond motifs is 1. The molecule has 2 N–H and O–H groups in total. The molecular formula is C17H18N4OS2. The topological polar surface area (TPSA) is 66.9 Å². The summed E-state index contributed by atoms with van der Waals surface area (Å²) in [6.45, 7) is 4.68. The smallest absolute Gasteiger partial charge is 0.237 e. The molecule has 2 aromatic carbocycles. The third kappa shape index (κ3) is 3.85. The van der Waals surface area contributed by atoms with Crippen molar-refractivity contribution in [1.29, 1.82) is 0 Å². The van der Waals surface area contributed by atoms with E-state index in [9.17, 15) is 4.79 Å². The number of amides is 1. The van der Waals surface area contributed by atoms with Crippen LogP contribution in [0.5, 0.6) is 0 Å². The molecule has 5 nitrogen and oxygen atoms in total. The number of nitrogens with one attached hydrogen (secondary N) is 2. The van der Waals surface area contributed by atoms with Crippen molar-refractivity contribution >= 4 is 50.6 Å². The van der Waals surface area contributed by atoms with E-state index in [1.54, 1.807) is 0 Å². The lowest BCUT2D eigenvalue weighted by molar-refractivity contribution is -0.115. The van der Waals surface area contributed by atoms with Gasteiger partial charge in [0.25, 0.3) is 0 Å². The zero-order valence-corrected chi connectivity index (χ0v) is 15.1. The molecule has 3 rings (SSSR count). The average molecular weight is 358 g/mol. The molecule has 3 aromatic rings. The summed E-state index contributed by atoms with van der Waals surface area (Å²) in [6, 6.07) is 13.9. The largest absolute Gasteiger partial charge is 0.360 e. The summed E-state index contributed by atoms with van der Waals surface area (Å²) in [5, 5.41) is 17.0. The van der Waals surface area contributed by atoms with Gasteiger partial charge in [-0.3, -0.25) is 4.79 Å². The van der Waals surface area contributed by atoms with Gasteiger partial charge >= 0.3 is 0 Å². The summed E-state index contributed by atoms with van der Waals surface area (Å²) >= 11 is 2.88. The molecule has 0 aliphatic heterocycles. The first-order valence-corrected chi connectivity index (χ1v) is 9.39. The van der Waals surface area contributed by atoms with Crippen molar-refractivity contribution in [1.82, 2.24) is 10.2 Å². The van der Waals surface area contributed by atoms with Gasteiger partial charge in [-0.1, -0.05) is 59.5 Å². The van der Waals surface area contributed by atoms with Crippen molar-refractivity contribution in [2.45, 2.75) is 23.4 Å². The predicted octanol–water partition coefficient (Wildman–Crippen LogP) is 4.24. The minimum atomic E-state index is -0.258. The molecule has 1 heterocycles. The van der Waals surface area contributed by atoms with Crippen molar-refractivity contribution in [3.63, 3.8) is 0 Å². The third-order valence-corrected chi connectivity index (χ3v) is 5.49. The average Bonchev–Trinajstić information content (AvgIpc) is 3.02. The lowest BCUT2D eigenvalue weighted by Gasteiger charge is -2.12. The van der Waals surface area contributed by atoms with E-state index < -0.39 is 0 Å². The van der Waals surface area contributed by atoms with E-state index in [0.29, 0.717) is 0 Å². The monoisotopic (exact) mass is 358 g/mol. The lowest BCUT2D eigenvalue weighted by atomic mass is 10.1.